The number of hydrazine groups is 1. The quantitative estimate of drug-likeness (QED) is 0.496. The van der Waals surface area contributed by atoms with Gasteiger partial charge in [-0.3, -0.25) is 4.79 Å². The number of nitrogen functional groups attached to an aromatic ring is 1. The van der Waals surface area contributed by atoms with Crippen LogP contribution in [0.15, 0.2) is 12.1 Å². The van der Waals surface area contributed by atoms with Gasteiger partial charge in [0.25, 0.3) is 5.91 Å². The first-order valence-electron chi connectivity index (χ1n) is 6.10. The van der Waals surface area contributed by atoms with Gasteiger partial charge in [-0.1, -0.05) is 11.6 Å². The lowest BCUT2D eigenvalue weighted by Gasteiger charge is -2.32. The highest BCUT2D eigenvalue weighted by molar-refractivity contribution is 6.29. The molecule has 1 aromatic rings. The van der Waals surface area contributed by atoms with Gasteiger partial charge in [0.2, 0.25) is 0 Å². The Morgan fingerprint density at radius 3 is 3.11 bits per heavy atom. The molecular formula is C12H17ClN4O2. The number of halogens is 1. The molecule has 1 unspecified atom stereocenters. The molecule has 2 heterocycles. The number of rotatable bonds is 3. The van der Waals surface area contributed by atoms with E-state index in [4.69, 9.17) is 22.2 Å². The highest BCUT2D eigenvalue weighted by Crippen LogP contribution is 2.19. The summed E-state index contributed by atoms with van der Waals surface area (Å²) < 4.78 is 5.31. The van der Waals surface area contributed by atoms with Crippen LogP contribution in [-0.4, -0.2) is 42.1 Å². The van der Waals surface area contributed by atoms with Crippen molar-refractivity contribution < 1.29 is 9.53 Å². The number of hydrogen-bond acceptors (Lipinski definition) is 5. The topological polar surface area (TPSA) is 80.5 Å². The van der Waals surface area contributed by atoms with Gasteiger partial charge < -0.3 is 15.1 Å². The van der Waals surface area contributed by atoms with E-state index < -0.39 is 0 Å². The number of piperidine rings is 1. The van der Waals surface area contributed by atoms with E-state index in [2.05, 4.69) is 10.4 Å². The molecule has 0 saturated carbocycles. The number of carbonyl (C=O) groups is 1. The Morgan fingerprint density at radius 2 is 2.42 bits per heavy atom. The lowest BCUT2D eigenvalue weighted by Crippen LogP contribution is -2.42. The van der Waals surface area contributed by atoms with Gasteiger partial charge in [-0.25, -0.2) is 10.8 Å². The molecule has 1 aliphatic rings. The van der Waals surface area contributed by atoms with Crippen LogP contribution < -0.4 is 11.3 Å². The predicted molar refractivity (Wildman–Crippen MR) is 73.0 cm³/mol. The smallest absolute Gasteiger partial charge is 0.254 e. The van der Waals surface area contributed by atoms with Gasteiger partial charge >= 0.3 is 0 Å². The molecule has 1 aliphatic heterocycles. The second-order valence-corrected chi connectivity index (χ2v) is 4.85. The summed E-state index contributed by atoms with van der Waals surface area (Å²) in [7, 11) is 1.67. The molecule has 104 valence electrons. The molecule has 2 rings (SSSR count). The number of ether oxygens (including phenoxy) is 1. The van der Waals surface area contributed by atoms with Crippen LogP contribution in [0.5, 0.6) is 0 Å². The van der Waals surface area contributed by atoms with Gasteiger partial charge in [0.1, 0.15) is 11.0 Å². The normalized spacial score (nSPS) is 19.3. The third-order valence-electron chi connectivity index (χ3n) is 3.19. The zero-order valence-corrected chi connectivity index (χ0v) is 11.5. The van der Waals surface area contributed by atoms with Gasteiger partial charge in [-0.05, 0) is 25.0 Å². The van der Waals surface area contributed by atoms with E-state index >= 15 is 0 Å². The minimum atomic E-state index is -0.0810. The number of methoxy groups -OCH3 is 1. The summed E-state index contributed by atoms with van der Waals surface area (Å²) in [4.78, 5) is 18.1. The van der Waals surface area contributed by atoms with E-state index in [0.29, 0.717) is 17.9 Å². The molecule has 1 fully saturated rings. The molecular weight excluding hydrogens is 268 g/mol. The second-order valence-electron chi connectivity index (χ2n) is 4.46. The number of likely N-dealkylation sites (tertiary alicyclic amines) is 1. The Kier molecular flexibility index (Phi) is 4.57. The maximum absolute atomic E-state index is 12.4. The van der Waals surface area contributed by atoms with Crippen LogP contribution in [0.4, 0.5) is 5.82 Å². The molecule has 0 aromatic carbocycles. The second kappa shape index (κ2) is 6.18. The molecule has 7 heteroatoms. The van der Waals surface area contributed by atoms with Crippen LogP contribution in [0.1, 0.15) is 23.2 Å². The number of amides is 1. The van der Waals surface area contributed by atoms with Gasteiger partial charge in [0.15, 0.2) is 0 Å². The first-order valence-corrected chi connectivity index (χ1v) is 6.48. The standard InChI is InChI=1S/C12H17ClN4O2/c1-19-9-3-2-4-17(7-9)12(18)8-5-10(13)15-11(6-8)16-14/h5-6,9H,2-4,7,14H2,1H3,(H,15,16). The summed E-state index contributed by atoms with van der Waals surface area (Å²) in [6.07, 6.45) is 2.01. The molecule has 0 radical (unpaired) electrons. The van der Waals surface area contributed by atoms with Crippen molar-refractivity contribution in [2.24, 2.45) is 5.84 Å². The predicted octanol–water partition coefficient (Wildman–Crippen LogP) is 1.27. The number of carbonyl (C=O) groups excluding carboxylic acids is 1. The van der Waals surface area contributed by atoms with E-state index in [1.807, 2.05) is 0 Å². The summed E-state index contributed by atoms with van der Waals surface area (Å²) >= 11 is 5.87. The van der Waals surface area contributed by atoms with Crippen LogP contribution in [0.3, 0.4) is 0 Å². The van der Waals surface area contributed by atoms with Crippen molar-refractivity contribution in [3.05, 3.63) is 22.8 Å². The van der Waals surface area contributed by atoms with E-state index in [1.165, 1.54) is 0 Å². The first-order chi connectivity index (χ1) is 9.13. The molecule has 1 atom stereocenters. The summed E-state index contributed by atoms with van der Waals surface area (Å²) in [5, 5.41) is 0.235. The Balaban J connectivity index is 2.16. The van der Waals surface area contributed by atoms with E-state index in [0.717, 1.165) is 19.4 Å². The van der Waals surface area contributed by atoms with Crippen LogP contribution in [0.25, 0.3) is 0 Å². The van der Waals surface area contributed by atoms with Crippen molar-refractivity contribution in [1.82, 2.24) is 9.88 Å². The number of pyridine rings is 1. The van der Waals surface area contributed by atoms with Gasteiger partial charge in [-0.2, -0.15) is 0 Å². The first kappa shape index (κ1) is 14.0. The van der Waals surface area contributed by atoms with E-state index in [-0.39, 0.29) is 17.2 Å². The maximum atomic E-state index is 12.4. The monoisotopic (exact) mass is 284 g/mol. The molecule has 1 amide bonds. The molecule has 19 heavy (non-hydrogen) atoms. The highest BCUT2D eigenvalue weighted by atomic mass is 35.5. The Labute approximate surface area is 116 Å². The Hall–Kier alpha value is -1.37. The molecule has 0 aliphatic carbocycles. The van der Waals surface area contributed by atoms with Gasteiger partial charge in [0, 0.05) is 25.8 Å². The van der Waals surface area contributed by atoms with Crippen LogP contribution in [0.2, 0.25) is 5.15 Å². The zero-order chi connectivity index (χ0) is 13.8. The van der Waals surface area contributed by atoms with Crippen molar-refractivity contribution in [3.8, 4) is 0 Å². The number of hydrogen-bond donors (Lipinski definition) is 2. The van der Waals surface area contributed by atoms with Crippen molar-refractivity contribution in [2.45, 2.75) is 18.9 Å². The fraction of sp³-hybridized carbons (Fsp3) is 0.500. The molecule has 1 aromatic heterocycles. The molecule has 0 bridgehead atoms. The van der Waals surface area contributed by atoms with Crippen LogP contribution in [0, 0.1) is 0 Å². The van der Waals surface area contributed by atoms with Gasteiger partial charge in [0.05, 0.1) is 6.10 Å². The average molecular weight is 285 g/mol. The molecule has 6 nitrogen and oxygen atoms in total. The summed E-state index contributed by atoms with van der Waals surface area (Å²) in [6, 6.07) is 3.13. The SMILES string of the molecule is COC1CCCN(C(=O)c2cc(Cl)nc(NN)c2)C1. The van der Waals surface area contributed by atoms with E-state index in [1.54, 1.807) is 24.1 Å². The third-order valence-corrected chi connectivity index (χ3v) is 3.38. The number of nitrogens with zero attached hydrogens (tertiary/aromatic N) is 2. The number of nitrogens with one attached hydrogen (secondary N) is 1. The number of aromatic nitrogens is 1. The summed E-state index contributed by atoms with van der Waals surface area (Å²) in [5.74, 6) is 5.58. The van der Waals surface area contributed by atoms with Crippen molar-refractivity contribution in [2.75, 3.05) is 25.6 Å². The fourth-order valence-corrected chi connectivity index (χ4v) is 2.40. The molecule has 0 spiro atoms. The zero-order valence-electron chi connectivity index (χ0n) is 10.7. The highest BCUT2D eigenvalue weighted by Gasteiger charge is 2.24. The fourth-order valence-electron chi connectivity index (χ4n) is 2.19. The van der Waals surface area contributed by atoms with Gasteiger partial charge in [-0.15, -0.1) is 0 Å². The minimum absolute atomic E-state index is 0.0810. The minimum Gasteiger partial charge on any atom is -0.380 e. The number of nitrogens with two attached hydrogens (primary N) is 1. The summed E-state index contributed by atoms with van der Waals surface area (Å²) in [5.41, 5.74) is 2.87. The maximum Gasteiger partial charge on any atom is 0.254 e. The van der Waals surface area contributed by atoms with Crippen LogP contribution in [-0.2, 0) is 4.74 Å². The number of anilines is 1. The lowest BCUT2D eigenvalue weighted by molar-refractivity contribution is 0.0269. The summed E-state index contributed by atoms with van der Waals surface area (Å²) in [6.45, 7) is 1.32. The van der Waals surface area contributed by atoms with Crippen molar-refractivity contribution in [1.29, 1.82) is 0 Å². The Bertz CT molecular complexity index is 469. The van der Waals surface area contributed by atoms with E-state index in [9.17, 15) is 4.79 Å². The van der Waals surface area contributed by atoms with Crippen molar-refractivity contribution >= 4 is 23.3 Å². The molecule has 1 saturated heterocycles. The van der Waals surface area contributed by atoms with Crippen molar-refractivity contribution in [3.63, 3.8) is 0 Å². The molecule has 3 N–H and O–H groups in total. The lowest BCUT2D eigenvalue weighted by atomic mass is 10.1. The third kappa shape index (κ3) is 3.34. The largest absolute Gasteiger partial charge is 0.380 e. The Morgan fingerprint density at radius 1 is 1.63 bits per heavy atom. The van der Waals surface area contributed by atoms with Crippen LogP contribution >= 0.6 is 11.6 Å². The average Bonchev–Trinajstić information content (AvgIpc) is 2.45.